The Morgan fingerprint density at radius 1 is 0.788 bits per heavy atom. The number of ketones is 1. The van der Waals surface area contributed by atoms with Crippen molar-refractivity contribution in [3.8, 4) is 11.9 Å². The zero-order valence-electron chi connectivity index (χ0n) is 18.1. The summed E-state index contributed by atoms with van der Waals surface area (Å²) < 4.78 is 3.25. The third kappa shape index (κ3) is 3.87. The molecule has 0 atom stereocenters. The molecule has 0 aliphatic carbocycles. The summed E-state index contributed by atoms with van der Waals surface area (Å²) in [7, 11) is 0. The maximum absolute atomic E-state index is 11.9. The first-order valence-electron chi connectivity index (χ1n) is 10.3. The molecule has 0 fully saturated rings. The molecule has 2 aromatic carbocycles. The van der Waals surface area contributed by atoms with Crippen LogP contribution >= 0.6 is 0 Å². The third-order valence-corrected chi connectivity index (χ3v) is 5.08. The lowest BCUT2D eigenvalue weighted by atomic mass is 10.2. The molecule has 0 aliphatic rings. The molecule has 0 spiro atoms. The molecule has 162 valence electrons. The van der Waals surface area contributed by atoms with Crippen molar-refractivity contribution >= 4 is 23.1 Å². The minimum absolute atomic E-state index is 0.172. The summed E-state index contributed by atoms with van der Waals surface area (Å²) in [5.74, 6) is 0.906. The molecule has 5 aromatic rings. The highest BCUT2D eigenvalue weighted by Crippen LogP contribution is 2.32. The van der Waals surface area contributed by atoms with Gasteiger partial charge in [0.15, 0.2) is 11.5 Å². The van der Waals surface area contributed by atoms with E-state index in [4.69, 9.17) is 9.97 Å². The molecular weight excluding hydrogens is 416 g/mol. The van der Waals surface area contributed by atoms with Crippen LogP contribution in [0.5, 0.6) is 0 Å². The van der Waals surface area contributed by atoms with Crippen LogP contribution in [0.2, 0.25) is 0 Å². The molecule has 33 heavy (non-hydrogen) atoms. The summed E-state index contributed by atoms with van der Waals surface area (Å²) in [6.45, 7) is 3.22. The van der Waals surface area contributed by atoms with Gasteiger partial charge in [-0.1, -0.05) is 41.6 Å². The fourth-order valence-electron chi connectivity index (χ4n) is 3.50. The van der Waals surface area contributed by atoms with Crippen molar-refractivity contribution in [2.75, 3.05) is 4.90 Å². The van der Waals surface area contributed by atoms with Crippen LogP contribution in [0.15, 0.2) is 85.2 Å². The number of Topliss-reactive ketones (excluding diaryl/α,β-unsaturated/α-hetero) is 1. The van der Waals surface area contributed by atoms with E-state index in [-0.39, 0.29) is 17.4 Å². The minimum Gasteiger partial charge on any atom is -0.293 e. The molecule has 0 unspecified atom stereocenters. The Hall–Kier alpha value is -4.66. The van der Waals surface area contributed by atoms with Gasteiger partial charge in [0.1, 0.15) is 0 Å². The van der Waals surface area contributed by atoms with E-state index >= 15 is 0 Å². The summed E-state index contributed by atoms with van der Waals surface area (Å²) in [4.78, 5) is 28.0. The van der Waals surface area contributed by atoms with Crippen molar-refractivity contribution < 1.29 is 4.79 Å². The number of hydrogen-bond acceptors (Lipinski definition) is 7. The lowest BCUT2D eigenvalue weighted by Crippen LogP contribution is -2.18. The summed E-state index contributed by atoms with van der Waals surface area (Å²) in [6, 6.07) is 23.5. The minimum atomic E-state index is -0.172. The van der Waals surface area contributed by atoms with E-state index in [0.717, 1.165) is 11.4 Å². The normalized spacial score (nSPS) is 10.8. The Kier molecular flexibility index (Phi) is 5.19. The molecule has 0 saturated carbocycles. The second kappa shape index (κ2) is 8.46. The molecule has 5 rings (SSSR count). The lowest BCUT2D eigenvalue weighted by Gasteiger charge is -2.23. The molecule has 3 aromatic heterocycles. The van der Waals surface area contributed by atoms with Crippen molar-refractivity contribution in [3.63, 3.8) is 0 Å². The quantitative estimate of drug-likeness (QED) is 0.368. The second-order valence-corrected chi connectivity index (χ2v) is 7.32. The van der Waals surface area contributed by atoms with E-state index < -0.39 is 0 Å². The first kappa shape index (κ1) is 20.3. The fraction of sp³-hybridized carbons (Fsp3) is 0.0833. The standard InChI is InChI=1S/C24H20N8O/c1-17-21(18(2)33)28-29-32(17)24-26-22(30-15-9-10-16-30)25-23(27-24)31(19-11-5-3-6-12-19)20-13-7-4-8-14-20/h3-16H,1-2H3. The number of hydrogen-bond donors (Lipinski definition) is 0. The van der Waals surface area contributed by atoms with Gasteiger partial charge in [-0.15, -0.1) is 5.10 Å². The average molecular weight is 436 g/mol. The van der Waals surface area contributed by atoms with Crippen LogP contribution in [0.4, 0.5) is 17.3 Å². The highest BCUT2D eigenvalue weighted by atomic mass is 16.1. The molecule has 0 amide bonds. The summed E-state index contributed by atoms with van der Waals surface area (Å²) in [5, 5.41) is 8.16. The number of aromatic nitrogens is 7. The summed E-state index contributed by atoms with van der Waals surface area (Å²) in [5.41, 5.74) is 2.62. The molecular formula is C24H20N8O. The largest absolute Gasteiger partial charge is 0.293 e. The Morgan fingerprint density at radius 3 is 1.91 bits per heavy atom. The van der Waals surface area contributed by atoms with Gasteiger partial charge in [-0.05, 0) is 43.3 Å². The monoisotopic (exact) mass is 436 g/mol. The van der Waals surface area contributed by atoms with Crippen molar-refractivity contribution in [2.24, 2.45) is 0 Å². The number of benzene rings is 2. The van der Waals surface area contributed by atoms with Crippen LogP contribution in [0.1, 0.15) is 23.1 Å². The van der Waals surface area contributed by atoms with Crippen LogP contribution < -0.4 is 4.90 Å². The first-order valence-corrected chi connectivity index (χ1v) is 10.3. The average Bonchev–Trinajstić information content (AvgIpc) is 3.51. The molecule has 0 aliphatic heterocycles. The zero-order valence-corrected chi connectivity index (χ0v) is 18.1. The van der Waals surface area contributed by atoms with E-state index in [0.29, 0.717) is 17.6 Å². The van der Waals surface area contributed by atoms with Crippen LogP contribution in [0.3, 0.4) is 0 Å². The van der Waals surface area contributed by atoms with E-state index in [1.54, 1.807) is 11.5 Å². The number of carbonyl (C=O) groups is 1. The molecule has 3 heterocycles. The number of rotatable bonds is 6. The molecule has 9 nitrogen and oxygen atoms in total. The highest BCUT2D eigenvalue weighted by Gasteiger charge is 2.21. The van der Waals surface area contributed by atoms with Gasteiger partial charge in [-0.3, -0.25) is 14.3 Å². The Labute approximate surface area is 190 Å². The van der Waals surface area contributed by atoms with Crippen LogP contribution in [-0.4, -0.2) is 40.3 Å². The molecule has 0 radical (unpaired) electrons. The van der Waals surface area contributed by atoms with E-state index in [1.165, 1.54) is 11.6 Å². The van der Waals surface area contributed by atoms with Crippen molar-refractivity contribution in [3.05, 3.63) is 96.6 Å². The van der Waals surface area contributed by atoms with Gasteiger partial charge >= 0.3 is 0 Å². The number of para-hydroxylation sites is 2. The van der Waals surface area contributed by atoms with Crippen molar-refractivity contribution in [1.29, 1.82) is 0 Å². The molecule has 0 N–H and O–H groups in total. The second-order valence-electron chi connectivity index (χ2n) is 7.32. The van der Waals surface area contributed by atoms with Gasteiger partial charge in [-0.2, -0.15) is 19.6 Å². The van der Waals surface area contributed by atoms with Crippen LogP contribution in [0, 0.1) is 6.92 Å². The third-order valence-electron chi connectivity index (χ3n) is 5.08. The molecule has 0 bridgehead atoms. The first-order chi connectivity index (χ1) is 16.1. The Morgan fingerprint density at radius 2 is 1.36 bits per heavy atom. The molecule has 9 heteroatoms. The number of nitrogens with zero attached hydrogens (tertiary/aromatic N) is 8. The lowest BCUT2D eigenvalue weighted by molar-refractivity contribution is 0.101. The van der Waals surface area contributed by atoms with Gasteiger partial charge in [-0.25, -0.2) is 0 Å². The van der Waals surface area contributed by atoms with Gasteiger partial charge in [0.2, 0.25) is 11.9 Å². The van der Waals surface area contributed by atoms with Gasteiger partial charge in [0, 0.05) is 30.7 Å². The zero-order chi connectivity index (χ0) is 22.8. The maximum atomic E-state index is 11.9. The van der Waals surface area contributed by atoms with E-state index in [9.17, 15) is 4.79 Å². The summed E-state index contributed by atoms with van der Waals surface area (Å²) >= 11 is 0. The predicted octanol–water partition coefficient (Wildman–Crippen LogP) is 4.22. The fourth-order valence-corrected chi connectivity index (χ4v) is 3.50. The topological polar surface area (TPSA) is 94.6 Å². The van der Waals surface area contributed by atoms with Gasteiger partial charge < -0.3 is 0 Å². The van der Waals surface area contributed by atoms with Gasteiger partial charge in [0.05, 0.1) is 5.69 Å². The molecule has 0 saturated heterocycles. The van der Waals surface area contributed by atoms with Crippen LogP contribution in [0.25, 0.3) is 11.9 Å². The van der Waals surface area contributed by atoms with Crippen molar-refractivity contribution in [1.82, 2.24) is 34.5 Å². The Bertz CT molecular complexity index is 1360. The van der Waals surface area contributed by atoms with E-state index in [2.05, 4.69) is 15.3 Å². The van der Waals surface area contributed by atoms with Crippen LogP contribution in [-0.2, 0) is 0 Å². The Balaban J connectivity index is 1.75. The smallest absolute Gasteiger partial charge is 0.258 e. The maximum Gasteiger partial charge on any atom is 0.258 e. The highest BCUT2D eigenvalue weighted by molar-refractivity contribution is 5.93. The van der Waals surface area contributed by atoms with E-state index in [1.807, 2.05) is 90.1 Å². The SMILES string of the molecule is CC(=O)c1nnn(-c2nc(N(c3ccccc3)c3ccccc3)nc(-n3cccc3)n2)c1C. The number of anilines is 3. The van der Waals surface area contributed by atoms with Gasteiger partial charge in [0.25, 0.3) is 5.95 Å². The number of carbonyl (C=O) groups excluding carboxylic acids is 1. The van der Waals surface area contributed by atoms with Crippen molar-refractivity contribution in [2.45, 2.75) is 13.8 Å². The predicted molar refractivity (Wildman–Crippen MR) is 123 cm³/mol. The summed E-state index contributed by atoms with van der Waals surface area (Å²) in [6.07, 6.45) is 3.71.